The summed E-state index contributed by atoms with van der Waals surface area (Å²) >= 11 is 0. The van der Waals surface area contributed by atoms with Gasteiger partial charge in [-0.05, 0) is 29.8 Å². The first-order valence-corrected chi connectivity index (χ1v) is 10.9. The highest BCUT2D eigenvalue weighted by Crippen LogP contribution is 2.32. The van der Waals surface area contributed by atoms with Gasteiger partial charge in [0.2, 0.25) is 12.7 Å². The number of methoxy groups -OCH3 is 1. The number of ether oxygens (including phenoxy) is 6. The molecule has 0 atom stereocenters. The maximum atomic E-state index is 5.97. The molecule has 10 nitrogen and oxygen atoms in total. The molecule has 3 N–H and O–H groups in total. The minimum atomic E-state index is 0.182. The van der Waals surface area contributed by atoms with Gasteiger partial charge in [-0.15, -0.1) is 0 Å². The van der Waals surface area contributed by atoms with Gasteiger partial charge in [-0.25, -0.2) is 4.98 Å². The minimum Gasteiger partial charge on any atom is -0.491 e. The maximum absolute atomic E-state index is 5.97. The van der Waals surface area contributed by atoms with Crippen molar-refractivity contribution >= 4 is 11.8 Å². The van der Waals surface area contributed by atoms with Crippen molar-refractivity contribution < 1.29 is 28.4 Å². The summed E-state index contributed by atoms with van der Waals surface area (Å²) in [5.41, 5.74) is 8.56. The lowest BCUT2D eigenvalue weighted by Crippen LogP contribution is -2.11. The van der Waals surface area contributed by atoms with Gasteiger partial charge in [-0.3, -0.25) is 0 Å². The molecule has 4 rings (SSSR count). The van der Waals surface area contributed by atoms with Gasteiger partial charge in [-0.2, -0.15) is 4.98 Å². The van der Waals surface area contributed by atoms with Crippen molar-refractivity contribution in [2.45, 2.75) is 6.54 Å². The lowest BCUT2D eigenvalue weighted by molar-refractivity contribution is -0.0523. The van der Waals surface area contributed by atoms with Gasteiger partial charge < -0.3 is 39.5 Å². The highest BCUT2D eigenvalue weighted by Gasteiger charge is 2.13. The fraction of sp³-hybridized carbons (Fsp3) is 0.333. The molecule has 1 aromatic heterocycles. The molecule has 1 aliphatic rings. The van der Waals surface area contributed by atoms with Crippen LogP contribution >= 0.6 is 0 Å². The second-order valence-corrected chi connectivity index (χ2v) is 7.34. The molecule has 0 spiro atoms. The van der Waals surface area contributed by atoms with Crippen LogP contribution in [0.3, 0.4) is 0 Å². The van der Waals surface area contributed by atoms with Gasteiger partial charge in [0.1, 0.15) is 25.0 Å². The van der Waals surface area contributed by atoms with Crippen LogP contribution in [-0.2, 0) is 20.8 Å². The van der Waals surface area contributed by atoms with Gasteiger partial charge in [0.25, 0.3) is 0 Å². The van der Waals surface area contributed by atoms with Crippen molar-refractivity contribution in [2.24, 2.45) is 0 Å². The number of aromatic nitrogens is 2. The summed E-state index contributed by atoms with van der Waals surface area (Å²) in [6, 6.07) is 15.3. The molecule has 1 aliphatic heterocycles. The van der Waals surface area contributed by atoms with Gasteiger partial charge in [0.15, 0.2) is 11.5 Å². The first-order valence-electron chi connectivity index (χ1n) is 10.9. The Balaban J connectivity index is 1.32. The van der Waals surface area contributed by atoms with Crippen molar-refractivity contribution in [1.82, 2.24) is 9.97 Å². The second kappa shape index (κ2) is 12.0. The van der Waals surface area contributed by atoms with Crippen molar-refractivity contribution in [2.75, 3.05) is 58.2 Å². The van der Waals surface area contributed by atoms with Crippen LogP contribution in [0, 0.1) is 0 Å². The lowest BCUT2D eigenvalue weighted by Gasteiger charge is -2.11. The van der Waals surface area contributed by atoms with E-state index in [1.165, 1.54) is 0 Å². The quantitative estimate of drug-likeness (QED) is 0.286. The number of fused-ring (bicyclic) bond motifs is 1. The molecule has 34 heavy (non-hydrogen) atoms. The molecule has 0 unspecified atom stereocenters. The monoisotopic (exact) mass is 468 g/mol. The predicted octanol–water partition coefficient (Wildman–Crippen LogP) is 3.08. The zero-order valence-electron chi connectivity index (χ0n) is 19.0. The van der Waals surface area contributed by atoms with Crippen LogP contribution in [0.1, 0.15) is 5.56 Å². The topological polar surface area (TPSA) is 119 Å². The highest BCUT2D eigenvalue weighted by atomic mass is 16.7. The summed E-state index contributed by atoms with van der Waals surface area (Å²) in [7, 11) is 1.58. The third-order valence-electron chi connectivity index (χ3n) is 4.85. The molecule has 3 aromatic rings. The van der Waals surface area contributed by atoms with Gasteiger partial charge in [0, 0.05) is 25.3 Å². The predicted molar refractivity (Wildman–Crippen MR) is 126 cm³/mol. The van der Waals surface area contributed by atoms with Crippen LogP contribution in [0.4, 0.5) is 11.8 Å². The van der Waals surface area contributed by atoms with E-state index in [1.54, 1.807) is 7.11 Å². The average Bonchev–Trinajstić information content (AvgIpc) is 3.32. The van der Waals surface area contributed by atoms with Crippen molar-refractivity contribution in [1.29, 1.82) is 0 Å². The molecule has 2 aromatic carbocycles. The maximum Gasteiger partial charge on any atom is 0.231 e. The second-order valence-electron chi connectivity index (χ2n) is 7.34. The molecule has 0 fully saturated rings. The van der Waals surface area contributed by atoms with Crippen LogP contribution in [0.5, 0.6) is 17.2 Å². The number of rotatable bonds is 13. The van der Waals surface area contributed by atoms with Gasteiger partial charge >= 0.3 is 0 Å². The number of anilines is 2. The van der Waals surface area contributed by atoms with E-state index in [1.807, 2.05) is 48.5 Å². The molecule has 0 radical (unpaired) electrons. The molecule has 10 heteroatoms. The van der Waals surface area contributed by atoms with Gasteiger partial charge in [0.05, 0.1) is 25.5 Å². The Bertz CT molecular complexity index is 1080. The Labute approximate surface area is 197 Å². The molecule has 0 amide bonds. The normalized spacial score (nSPS) is 12.0. The molecule has 2 heterocycles. The summed E-state index contributed by atoms with van der Waals surface area (Å²) in [6.45, 7) is 2.88. The van der Waals surface area contributed by atoms with E-state index in [-0.39, 0.29) is 19.5 Å². The molecule has 0 saturated heterocycles. The molecule has 0 aliphatic carbocycles. The average molecular weight is 469 g/mol. The molecule has 180 valence electrons. The number of hydrogen-bond acceptors (Lipinski definition) is 10. The van der Waals surface area contributed by atoms with Crippen molar-refractivity contribution in [3.63, 3.8) is 0 Å². The Morgan fingerprint density at radius 3 is 2.71 bits per heavy atom. The van der Waals surface area contributed by atoms with Crippen LogP contribution in [0.25, 0.3) is 11.3 Å². The van der Waals surface area contributed by atoms with Crippen LogP contribution < -0.4 is 25.3 Å². The number of nitrogens with zero attached hydrogens (tertiary/aromatic N) is 2. The highest BCUT2D eigenvalue weighted by molar-refractivity contribution is 5.65. The van der Waals surface area contributed by atoms with Crippen LogP contribution in [0.2, 0.25) is 0 Å². The van der Waals surface area contributed by atoms with E-state index in [0.29, 0.717) is 50.2 Å². The van der Waals surface area contributed by atoms with Crippen molar-refractivity contribution in [3.8, 4) is 28.5 Å². The van der Waals surface area contributed by atoms with E-state index >= 15 is 0 Å². The number of nitrogen functional groups attached to an aromatic ring is 1. The first-order chi connectivity index (χ1) is 16.7. The third kappa shape index (κ3) is 6.70. The summed E-state index contributed by atoms with van der Waals surface area (Å²) in [5.74, 6) is 3.01. The van der Waals surface area contributed by atoms with Crippen LogP contribution in [0.15, 0.2) is 48.5 Å². The van der Waals surface area contributed by atoms with E-state index in [9.17, 15) is 0 Å². The van der Waals surface area contributed by atoms with E-state index < -0.39 is 0 Å². The summed E-state index contributed by atoms with van der Waals surface area (Å²) in [4.78, 5) is 8.68. The minimum absolute atomic E-state index is 0.182. The molecule has 0 saturated carbocycles. The number of hydrogen-bond donors (Lipinski definition) is 2. The summed E-state index contributed by atoms with van der Waals surface area (Å²) < 4.78 is 32.0. The number of benzene rings is 2. The van der Waals surface area contributed by atoms with E-state index in [0.717, 1.165) is 22.6 Å². The Morgan fingerprint density at radius 1 is 0.941 bits per heavy atom. The van der Waals surface area contributed by atoms with E-state index in [2.05, 4.69) is 15.3 Å². The Morgan fingerprint density at radius 2 is 1.79 bits per heavy atom. The fourth-order valence-corrected chi connectivity index (χ4v) is 3.27. The SMILES string of the molecule is COCOCCOCCOc1cccc(-c2cc(NCc3ccc4c(c3)OCO4)nc(N)n2)c1. The molecular weight excluding hydrogens is 440 g/mol. The largest absolute Gasteiger partial charge is 0.491 e. The number of nitrogens with one attached hydrogen (secondary N) is 1. The van der Waals surface area contributed by atoms with Gasteiger partial charge in [-0.1, -0.05) is 18.2 Å². The third-order valence-corrected chi connectivity index (χ3v) is 4.85. The van der Waals surface area contributed by atoms with Crippen LogP contribution in [-0.4, -0.2) is 57.1 Å². The zero-order valence-corrected chi connectivity index (χ0v) is 19.0. The zero-order chi connectivity index (χ0) is 23.6. The van der Waals surface area contributed by atoms with E-state index in [4.69, 9.17) is 34.2 Å². The fourth-order valence-electron chi connectivity index (χ4n) is 3.27. The molecule has 0 bridgehead atoms. The molecular formula is C24H28N4O6. The smallest absolute Gasteiger partial charge is 0.231 e. The standard InChI is InChI=1S/C24H28N4O6/c1-29-15-31-8-7-30-9-10-32-19-4-2-3-18(12-19)20-13-23(28-24(25)27-20)26-14-17-5-6-21-22(11-17)34-16-33-21/h2-6,11-13H,7-10,14-16H2,1H3,(H3,25,26,27,28). The Hall–Kier alpha value is -3.60. The first kappa shape index (κ1) is 23.6. The summed E-state index contributed by atoms with van der Waals surface area (Å²) in [5, 5.41) is 3.29. The lowest BCUT2D eigenvalue weighted by atomic mass is 10.1. The van der Waals surface area contributed by atoms with Crippen molar-refractivity contribution in [3.05, 3.63) is 54.1 Å². The number of nitrogens with two attached hydrogens (primary N) is 1. The summed E-state index contributed by atoms with van der Waals surface area (Å²) in [6.07, 6.45) is 0. The Kier molecular flexibility index (Phi) is 8.33.